The molecular weight excluding hydrogens is 394 g/mol. The maximum absolute atomic E-state index is 12.5. The van der Waals surface area contributed by atoms with Crippen LogP contribution in [0.15, 0.2) is 59.1 Å². The summed E-state index contributed by atoms with van der Waals surface area (Å²) in [6.45, 7) is 4.33. The third-order valence-corrected chi connectivity index (χ3v) is 4.61. The second-order valence-electron chi connectivity index (χ2n) is 6.33. The molecule has 26 heavy (non-hydrogen) atoms. The first kappa shape index (κ1) is 20.0. The van der Waals surface area contributed by atoms with Crippen molar-refractivity contribution in [1.82, 2.24) is 10.6 Å². The topological polar surface area (TPSA) is 70.2 Å². The van der Waals surface area contributed by atoms with Crippen molar-refractivity contribution in [2.75, 3.05) is 11.9 Å². The van der Waals surface area contributed by atoms with Gasteiger partial charge < -0.3 is 16.0 Å². The summed E-state index contributed by atoms with van der Waals surface area (Å²) in [5, 5.41) is 8.42. The molecule has 0 aromatic heterocycles. The van der Waals surface area contributed by atoms with E-state index in [1.54, 1.807) is 6.07 Å². The molecule has 1 unspecified atom stereocenters. The van der Waals surface area contributed by atoms with E-state index in [0.717, 1.165) is 16.5 Å². The van der Waals surface area contributed by atoms with Gasteiger partial charge in [0.2, 0.25) is 5.91 Å². The Balaban J connectivity index is 1.87. The van der Waals surface area contributed by atoms with E-state index in [1.165, 1.54) is 0 Å². The number of para-hydroxylation sites is 1. The maximum Gasteiger partial charge on any atom is 0.319 e. The minimum atomic E-state index is -0.603. The number of carbonyl (C=O) groups is 2. The Bertz CT molecular complexity index is 735. The molecule has 138 valence electrons. The zero-order valence-electron chi connectivity index (χ0n) is 15.0. The van der Waals surface area contributed by atoms with E-state index in [0.29, 0.717) is 12.2 Å². The van der Waals surface area contributed by atoms with E-state index in [2.05, 4.69) is 31.9 Å². The molecule has 0 saturated carbocycles. The van der Waals surface area contributed by atoms with Crippen LogP contribution in [-0.2, 0) is 11.2 Å². The zero-order valence-corrected chi connectivity index (χ0v) is 16.5. The second kappa shape index (κ2) is 9.97. The number of halogens is 1. The highest BCUT2D eigenvalue weighted by Crippen LogP contribution is 2.21. The van der Waals surface area contributed by atoms with E-state index >= 15 is 0 Å². The van der Waals surface area contributed by atoms with Gasteiger partial charge in [0.25, 0.3) is 0 Å². The molecule has 0 aliphatic carbocycles. The van der Waals surface area contributed by atoms with Gasteiger partial charge in [-0.2, -0.15) is 0 Å². The van der Waals surface area contributed by atoms with Gasteiger partial charge in [0.05, 0.1) is 5.69 Å². The van der Waals surface area contributed by atoms with Crippen LogP contribution in [0.1, 0.15) is 19.4 Å². The summed E-state index contributed by atoms with van der Waals surface area (Å²) in [6, 6.07) is 16.3. The maximum atomic E-state index is 12.5. The predicted molar refractivity (Wildman–Crippen MR) is 108 cm³/mol. The van der Waals surface area contributed by atoms with E-state index in [-0.39, 0.29) is 11.8 Å². The molecular formula is C20H24BrN3O2. The summed E-state index contributed by atoms with van der Waals surface area (Å²) in [4.78, 5) is 24.7. The van der Waals surface area contributed by atoms with E-state index in [4.69, 9.17) is 0 Å². The van der Waals surface area contributed by atoms with Crippen LogP contribution < -0.4 is 16.0 Å². The lowest BCUT2D eigenvalue weighted by atomic mass is 10.0. The summed E-state index contributed by atoms with van der Waals surface area (Å²) in [6.07, 6.45) is 0.751. The summed E-state index contributed by atoms with van der Waals surface area (Å²) in [5.41, 5.74) is 1.81. The van der Waals surface area contributed by atoms with Crippen LogP contribution in [0.2, 0.25) is 0 Å². The van der Waals surface area contributed by atoms with E-state index < -0.39 is 12.1 Å². The highest BCUT2D eigenvalue weighted by atomic mass is 79.9. The number of amides is 3. The number of urea groups is 1. The lowest BCUT2D eigenvalue weighted by molar-refractivity contribution is -0.123. The number of hydrogen-bond acceptors (Lipinski definition) is 2. The highest BCUT2D eigenvalue weighted by molar-refractivity contribution is 9.10. The van der Waals surface area contributed by atoms with Gasteiger partial charge in [0.15, 0.2) is 0 Å². The Morgan fingerprint density at radius 1 is 1.00 bits per heavy atom. The Morgan fingerprint density at radius 2 is 1.65 bits per heavy atom. The zero-order chi connectivity index (χ0) is 18.9. The molecule has 0 aliphatic rings. The summed E-state index contributed by atoms with van der Waals surface area (Å²) >= 11 is 3.38. The monoisotopic (exact) mass is 417 g/mol. The van der Waals surface area contributed by atoms with Gasteiger partial charge in [-0.3, -0.25) is 4.79 Å². The molecule has 6 heteroatoms. The highest BCUT2D eigenvalue weighted by Gasteiger charge is 2.24. The van der Waals surface area contributed by atoms with Gasteiger partial charge in [-0.1, -0.05) is 56.3 Å². The minimum Gasteiger partial charge on any atom is -0.354 e. The largest absolute Gasteiger partial charge is 0.354 e. The molecule has 0 spiro atoms. The Morgan fingerprint density at radius 3 is 2.31 bits per heavy atom. The van der Waals surface area contributed by atoms with Crippen LogP contribution in [0.25, 0.3) is 0 Å². The summed E-state index contributed by atoms with van der Waals surface area (Å²) < 4.78 is 0.781. The smallest absolute Gasteiger partial charge is 0.319 e. The van der Waals surface area contributed by atoms with Crippen molar-refractivity contribution in [3.63, 3.8) is 0 Å². The molecule has 1 atom stereocenters. The number of rotatable bonds is 7. The lowest BCUT2D eigenvalue weighted by Gasteiger charge is -2.22. The fraction of sp³-hybridized carbons (Fsp3) is 0.300. The lowest BCUT2D eigenvalue weighted by Crippen LogP contribution is -2.51. The van der Waals surface area contributed by atoms with Gasteiger partial charge in [-0.05, 0) is 46.0 Å². The van der Waals surface area contributed by atoms with Gasteiger partial charge in [-0.25, -0.2) is 4.79 Å². The second-order valence-corrected chi connectivity index (χ2v) is 7.18. The molecule has 2 aromatic carbocycles. The van der Waals surface area contributed by atoms with Gasteiger partial charge >= 0.3 is 6.03 Å². The molecule has 0 aliphatic heterocycles. The molecule has 2 rings (SSSR count). The molecule has 3 amide bonds. The van der Waals surface area contributed by atoms with Crippen LogP contribution in [0.3, 0.4) is 0 Å². The van der Waals surface area contributed by atoms with Crippen LogP contribution in [0.4, 0.5) is 10.5 Å². The third-order valence-electron chi connectivity index (χ3n) is 3.91. The van der Waals surface area contributed by atoms with Crippen LogP contribution >= 0.6 is 15.9 Å². The van der Waals surface area contributed by atoms with Crippen molar-refractivity contribution in [1.29, 1.82) is 0 Å². The van der Waals surface area contributed by atoms with Crippen LogP contribution in [-0.4, -0.2) is 24.5 Å². The molecule has 0 heterocycles. The van der Waals surface area contributed by atoms with Crippen molar-refractivity contribution < 1.29 is 9.59 Å². The van der Waals surface area contributed by atoms with Crippen molar-refractivity contribution in [3.05, 3.63) is 64.6 Å². The first-order valence-electron chi connectivity index (χ1n) is 8.61. The Labute approximate surface area is 162 Å². The van der Waals surface area contributed by atoms with Crippen molar-refractivity contribution in [2.24, 2.45) is 5.92 Å². The number of carbonyl (C=O) groups excluding carboxylic acids is 2. The van der Waals surface area contributed by atoms with Crippen LogP contribution in [0.5, 0.6) is 0 Å². The molecule has 0 saturated heterocycles. The normalized spacial score (nSPS) is 11.7. The van der Waals surface area contributed by atoms with Crippen molar-refractivity contribution in [3.8, 4) is 0 Å². The number of nitrogens with one attached hydrogen (secondary N) is 3. The average Bonchev–Trinajstić information content (AvgIpc) is 2.62. The molecule has 0 fully saturated rings. The molecule has 0 radical (unpaired) electrons. The molecule has 3 N–H and O–H groups in total. The van der Waals surface area contributed by atoms with Gasteiger partial charge in [-0.15, -0.1) is 0 Å². The van der Waals surface area contributed by atoms with Crippen LogP contribution in [0, 0.1) is 5.92 Å². The van der Waals surface area contributed by atoms with Gasteiger partial charge in [0, 0.05) is 11.0 Å². The van der Waals surface area contributed by atoms with E-state index in [1.807, 2.05) is 62.4 Å². The molecule has 2 aromatic rings. The number of anilines is 1. The minimum absolute atomic E-state index is 0.0308. The summed E-state index contributed by atoms with van der Waals surface area (Å²) in [7, 11) is 0. The SMILES string of the molecule is CC(C)C(NC(=O)Nc1ccccc1Br)C(=O)NCCc1ccccc1. The fourth-order valence-electron chi connectivity index (χ4n) is 2.48. The third kappa shape index (κ3) is 6.19. The number of hydrogen-bond donors (Lipinski definition) is 3. The first-order chi connectivity index (χ1) is 12.5. The first-order valence-corrected chi connectivity index (χ1v) is 9.40. The molecule has 5 nitrogen and oxygen atoms in total. The standard InChI is InChI=1S/C20H24BrN3O2/c1-14(2)18(19(25)22-13-12-15-8-4-3-5-9-15)24-20(26)23-17-11-7-6-10-16(17)21/h3-11,14,18H,12-13H2,1-2H3,(H,22,25)(H2,23,24,26). The predicted octanol–water partition coefficient (Wildman–Crippen LogP) is 3.95. The Kier molecular flexibility index (Phi) is 7.66. The fourth-order valence-corrected chi connectivity index (χ4v) is 2.87. The molecule has 0 bridgehead atoms. The van der Waals surface area contributed by atoms with E-state index in [9.17, 15) is 9.59 Å². The van der Waals surface area contributed by atoms with Crippen molar-refractivity contribution in [2.45, 2.75) is 26.3 Å². The quantitative estimate of drug-likeness (QED) is 0.637. The Hall–Kier alpha value is -2.34. The van der Waals surface area contributed by atoms with Gasteiger partial charge in [0.1, 0.15) is 6.04 Å². The number of benzene rings is 2. The van der Waals surface area contributed by atoms with Crippen molar-refractivity contribution >= 4 is 33.6 Å². The summed E-state index contributed by atoms with van der Waals surface area (Å²) in [5.74, 6) is -0.213. The average molecular weight is 418 g/mol.